The van der Waals surface area contributed by atoms with Gasteiger partial charge in [-0.1, -0.05) is 0 Å². The van der Waals surface area contributed by atoms with E-state index < -0.39 is 4.92 Å². The summed E-state index contributed by atoms with van der Waals surface area (Å²) in [5.74, 6) is 0. The van der Waals surface area contributed by atoms with Crippen LogP contribution in [0.2, 0.25) is 0 Å². The fourth-order valence-corrected chi connectivity index (χ4v) is 0.604. The van der Waals surface area contributed by atoms with Crippen LogP contribution < -0.4 is 10.6 Å². The Bertz CT molecular complexity index is 77.4. The second-order valence-corrected chi connectivity index (χ2v) is 1.94. The molecule has 0 aliphatic carbocycles. The number of nitrogens with zero attached hydrogens (tertiary/aromatic N) is 1. The van der Waals surface area contributed by atoms with Crippen LogP contribution in [0.15, 0.2) is 0 Å². The van der Waals surface area contributed by atoms with E-state index in [9.17, 15) is 0 Å². The molecule has 2 N–H and O–H groups in total. The molecule has 1 heterocycles. The lowest BCUT2D eigenvalue weighted by molar-refractivity contribution is -0.445. The predicted molar refractivity (Wildman–Crippen MR) is 38.7 cm³/mol. The number of rotatable bonds is 0. The van der Waals surface area contributed by atoms with Crippen molar-refractivity contribution in [3.63, 3.8) is 0 Å². The Hall–Kier alpha value is -0.680. The average molecular weight is 147 g/mol. The minimum absolute atomic E-state index is 0.500. The maximum Gasteiger partial charge on any atom is 0.194 e. The highest BCUT2D eigenvalue weighted by Crippen LogP contribution is 1.65. The molecule has 1 aliphatic heterocycles. The van der Waals surface area contributed by atoms with E-state index in [0.717, 1.165) is 33.2 Å². The van der Waals surface area contributed by atoms with Gasteiger partial charge in [-0.2, -0.15) is 0 Å². The lowest BCUT2D eigenvalue weighted by Crippen LogP contribution is -2.39. The molecule has 0 aromatic rings. The summed E-state index contributed by atoms with van der Waals surface area (Å²) >= 11 is 0. The van der Waals surface area contributed by atoms with Gasteiger partial charge in [0.1, 0.15) is 0 Å². The van der Waals surface area contributed by atoms with Crippen molar-refractivity contribution in [1.29, 1.82) is 0 Å². The summed E-state index contributed by atoms with van der Waals surface area (Å²) in [6.45, 7) is 4.56. The molecule has 1 rings (SSSR count). The normalized spacial score (nSPS) is 16.9. The van der Waals surface area contributed by atoms with Gasteiger partial charge in [-0.3, -0.25) is 10.1 Å². The minimum atomic E-state index is -0.500. The zero-order valence-corrected chi connectivity index (χ0v) is 6.09. The SMILES string of the molecule is C1CNCCN1.C[N+](=O)[O-]. The van der Waals surface area contributed by atoms with E-state index in [2.05, 4.69) is 10.6 Å². The van der Waals surface area contributed by atoms with Gasteiger partial charge in [0.05, 0.1) is 0 Å². The Kier molecular flexibility index (Phi) is 6.00. The van der Waals surface area contributed by atoms with Crippen LogP contribution in [-0.4, -0.2) is 38.2 Å². The molecule has 60 valence electrons. The van der Waals surface area contributed by atoms with Crippen molar-refractivity contribution in [1.82, 2.24) is 10.6 Å². The molecule has 1 aliphatic rings. The molecule has 0 amide bonds. The number of hydrogen-bond acceptors (Lipinski definition) is 4. The van der Waals surface area contributed by atoms with Crippen LogP contribution >= 0.6 is 0 Å². The first kappa shape index (κ1) is 9.32. The van der Waals surface area contributed by atoms with E-state index in [1.165, 1.54) is 0 Å². The van der Waals surface area contributed by atoms with Crippen molar-refractivity contribution >= 4 is 0 Å². The minimum Gasteiger partial charge on any atom is -0.314 e. The van der Waals surface area contributed by atoms with Crippen LogP contribution in [0.3, 0.4) is 0 Å². The molecule has 0 bridgehead atoms. The molecule has 5 heteroatoms. The largest absolute Gasteiger partial charge is 0.314 e. The molecular formula is C5H13N3O2. The predicted octanol–water partition coefficient (Wildman–Crippen LogP) is -0.928. The Labute approximate surface area is 60.0 Å². The summed E-state index contributed by atoms with van der Waals surface area (Å²) in [5.41, 5.74) is 0. The van der Waals surface area contributed by atoms with Crippen molar-refractivity contribution in [2.75, 3.05) is 33.2 Å². The van der Waals surface area contributed by atoms with E-state index in [4.69, 9.17) is 10.1 Å². The van der Waals surface area contributed by atoms with Crippen molar-refractivity contribution < 1.29 is 4.92 Å². The van der Waals surface area contributed by atoms with Gasteiger partial charge in [-0.15, -0.1) is 0 Å². The Morgan fingerprint density at radius 1 is 1.20 bits per heavy atom. The van der Waals surface area contributed by atoms with Gasteiger partial charge < -0.3 is 10.6 Å². The zero-order chi connectivity index (χ0) is 7.82. The van der Waals surface area contributed by atoms with Gasteiger partial charge in [0.25, 0.3) is 0 Å². The van der Waals surface area contributed by atoms with Gasteiger partial charge in [0.15, 0.2) is 7.05 Å². The smallest absolute Gasteiger partial charge is 0.194 e. The molecule has 5 nitrogen and oxygen atoms in total. The fourth-order valence-electron chi connectivity index (χ4n) is 0.604. The molecule has 0 spiro atoms. The highest BCUT2D eigenvalue weighted by molar-refractivity contribution is 4.59. The molecule has 10 heavy (non-hydrogen) atoms. The summed E-state index contributed by atoms with van der Waals surface area (Å²) < 4.78 is 0. The van der Waals surface area contributed by atoms with Crippen LogP contribution in [0.5, 0.6) is 0 Å². The standard InChI is InChI=1S/C4H10N2.CH3NO2/c1-2-6-4-3-5-1;1-2(3)4/h5-6H,1-4H2;1H3. The summed E-state index contributed by atoms with van der Waals surface area (Å²) in [7, 11) is 0.889. The molecule has 0 aromatic heterocycles. The zero-order valence-electron chi connectivity index (χ0n) is 6.09. The fraction of sp³-hybridized carbons (Fsp3) is 1.00. The maximum atomic E-state index is 8.81. The van der Waals surface area contributed by atoms with Crippen LogP contribution in [-0.2, 0) is 0 Å². The van der Waals surface area contributed by atoms with Crippen LogP contribution in [0.1, 0.15) is 0 Å². The van der Waals surface area contributed by atoms with E-state index in [1.807, 2.05) is 0 Å². The summed E-state index contributed by atoms with van der Waals surface area (Å²) in [6.07, 6.45) is 0. The van der Waals surface area contributed by atoms with E-state index in [0.29, 0.717) is 0 Å². The summed E-state index contributed by atoms with van der Waals surface area (Å²) in [4.78, 5) is 8.31. The van der Waals surface area contributed by atoms with Crippen molar-refractivity contribution in [2.45, 2.75) is 0 Å². The maximum absolute atomic E-state index is 8.81. The molecular weight excluding hydrogens is 134 g/mol. The highest BCUT2D eigenvalue weighted by Gasteiger charge is 1.91. The lowest BCUT2D eigenvalue weighted by atomic mass is 10.4. The molecule has 0 saturated carbocycles. The van der Waals surface area contributed by atoms with Gasteiger partial charge in [0, 0.05) is 31.1 Å². The monoisotopic (exact) mass is 147 g/mol. The number of nitrogens with one attached hydrogen (secondary N) is 2. The number of hydrogen-bond donors (Lipinski definition) is 2. The molecule has 0 aromatic carbocycles. The van der Waals surface area contributed by atoms with E-state index in [-0.39, 0.29) is 0 Å². The topological polar surface area (TPSA) is 67.2 Å². The third-order valence-electron chi connectivity index (χ3n) is 0.957. The van der Waals surface area contributed by atoms with Crippen LogP contribution in [0.4, 0.5) is 0 Å². The number of piperazine rings is 1. The van der Waals surface area contributed by atoms with Gasteiger partial charge in [0.2, 0.25) is 0 Å². The van der Waals surface area contributed by atoms with Crippen molar-refractivity contribution in [2.24, 2.45) is 0 Å². The average Bonchev–Trinajstić information content (AvgIpc) is 1.90. The quantitative estimate of drug-likeness (QED) is 0.343. The molecule has 0 atom stereocenters. The number of nitro groups is 1. The lowest BCUT2D eigenvalue weighted by Gasteiger charge is -2.11. The Morgan fingerprint density at radius 3 is 1.50 bits per heavy atom. The first-order valence-electron chi connectivity index (χ1n) is 3.23. The summed E-state index contributed by atoms with van der Waals surface area (Å²) in [5, 5.41) is 15.2. The van der Waals surface area contributed by atoms with Gasteiger partial charge in [-0.25, -0.2) is 0 Å². The first-order chi connectivity index (χ1) is 4.73. The third-order valence-corrected chi connectivity index (χ3v) is 0.957. The first-order valence-corrected chi connectivity index (χ1v) is 3.23. The summed E-state index contributed by atoms with van der Waals surface area (Å²) in [6, 6.07) is 0. The van der Waals surface area contributed by atoms with E-state index in [1.54, 1.807) is 0 Å². The second-order valence-electron chi connectivity index (χ2n) is 1.94. The van der Waals surface area contributed by atoms with Crippen LogP contribution in [0, 0.1) is 10.1 Å². The van der Waals surface area contributed by atoms with Crippen molar-refractivity contribution in [3.05, 3.63) is 10.1 Å². The Morgan fingerprint density at radius 2 is 1.40 bits per heavy atom. The van der Waals surface area contributed by atoms with Crippen LogP contribution in [0.25, 0.3) is 0 Å². The molecule has 1 fully saturated rings. The molecule has 0 unspecified atom stereocenters. The third kappa shape index (κ3) is 10.3. The second kappa shape index (κ2) is 6.44. The van der Waals surface area contributed by atoms with Gasteiger partial charge >= 0.3 is 0 Å². The Balaban J connectivity index is 0.000000180. The highest BCUT2D eigenvalue weighted by atomic mass is 16.6. The van der Waals surface area contributed by atoms with Crippen molar-refractivity contribution in [3.8, 4) is 0 Å². The van der Waals surface area contributed by atoms with E-state index >= 15 is 0 Å². The van der Waals surface area contributed by atoms with Gasteiger partial charge in [-0.05, 0) is 0 Å². The molecule has 0 radical (unpaired) electrons. The molecule has 1 saturated heterocycles.